The monoisotopic (exact) mass is 359 g/mol. The van der Waals surface area contributed by atoms with Gasteiger partial charge in [-0.1, -0.05) is 60.1 Å². The molecule has 0 fully saturated rings. The Balaban J connectivity index is 1.89. The van der Waals surface area contributed by atoms with Gasteiger partial charge >= 0.3 is 0 Å². The lowest BCUT2D eigenvalue weighted by atomic mass is 9.94. The van der Waals surface area contributed by atoms with E-state index in [1.54, 1.807) is 0 Å². The first-order valence-corrected chi connectivity index (χ1v) is 9.82. The zero-order chi connectivity index (χ0) is 18.0. The predicted molar refractivity (Wildman–Crippen MR) is 119 cm³/mol. The van der Waals surface area contributed by atoms with Crippen LogP contribution < -0.4 is 5.46 Å². The van der Waals surface area contributed by atoms with Gasteiger partial charge in [0.15, 0.2) is 0 Å². The number of benzene rings is 4. The van der Waals surface area contributed by atoms with Crippen molar-refractivity contribution in [3.05, 3.63) is 84.9 Å². The van der Waals surface area contributed by atoms with Crippen LogP contribution in [0.2, 0.25) is 0 Å². The highest BCUT2D eigenvalue weighted by atomic mass is 32.1. The number of hydrogen-bond acceptors (Lipinski definition) is 1. The van der Waals surface area contributed by atoms with Crippen LogP contribution in [0.4, 0.5) is 0 Å². The van der Waals surface area contributed by atoms with Gasteiger partial charge in [-0.15, -0.1) is 11.3 Å². The molecule has 2 aromatic heterocycles. The first-order valence-electron chi connectivity index (χ1n) is 9.00. The molecule has 1 nitrogen and oxygen atoms in total. The topological polar surface area (TPSA) is 4.93 Å². The van der Waals surface area contributed by atoms with Gasteiger partial charge in [-0.05, 0) is 30.3 Å². The first-order chi connectivity index (χ1) is 13.3. The normalized spacial score (nSPS) is 11.9. The Bertz CT molecular complexity index is 1470. The zero-order valence-electron chi connectivity index (χ0n) is 14.5. The molecule has 2 radical (unpaired) electrons. The molecule has 6 rings (SSSR count). The van der Waals surface area contributed by atoms with Crippen LogP contribution in [0.5, 0.6) is 0 Å². The van der Waals surface area contributed by atoms with Crippen molar-refractivity contribution in [1.82, 2.24) is 4.57 Å². The molecule has 0 N–H and O–H groups in total. The highest BCUT2D eigenvalue weighted by Gasteiger charge is 2.17. The predicted octanol–water partition coefficient (Wildman–Crippen LogP) is 5.95. The molecule has 0 spiro atoms. The fourth-order valence-corrected chi connectivity index (χ4v) is 5.42. The summed E-state index contributed by atoms with van der Waals surface area (Å²) in [6, 6.07) is 29.9. The molecule has 0 aliphatic carbocycles. The molecule has 4 aromatic carbocycles. The second kappa shape index (κ2) is 5.48. The third kappa shape index (κ3) is 2.06. The first kappa shape index (κ1) is 15.1. The molecule has 0 saturated carbocycles. The van der Waals surface area contributed by atoms with Crippen LogP contribution in [0, 0.1) is 0 Å². The number of rotatable bonds is 1. The van der Waals surface area contributed by atoms with Gasteiger partial charge in [-0.25, -0.2) is 0 Å². The van der Waals surface area contributed by atoms with E-state index in [4.69, 9.17) is 7.85 Å². The average molecular weight is 359 g/mol. The van der Waals surface area contributed by atoms with Crippen LogP contribution in [0.25, 0.3) is 47.7 Å². The molecule has 0 bridgehead atoms. The van der Waals surface area contributed by atoms with Crippen LogP contribution in [0.3, 0.4) is 0 Å². The maximum atomic E-state index is 6.18. The van der Waals surface area contributed by atoms with E-state index in [9.17, 15) is 0 Å². The van der Waals surface area contributed by atoms with Crippen LogP contribution >= 0.6 is 11.3 Å². The number of aromatic nitrogens is 1. The van der Waals surface area contributed by atoms with Crippen molar-refractivity contribution >= 4 is 66.6 Å². The lowest BCUT2D eigenvalue weighted by molar-refractivity contribution is 1.18. The summed E-state index contributed by atoms with van der Waals surface area (Å²) in [5, 5.41) is 5.15. The van der Waals surface area contributed by atoms with E-state index < -0.39 is 0 Å². The summed E-state index contributed by atoms with van der Waals surface area (Å²) in [4.78, 5) is 0. The molecule has 3 heteroatoms. The molecule has 6 aromatic rings. The van der Waals surface area contributed by atoms with E-state index in [0.29, 0.717) is 0 Å². The van der Waals surface area contributed by atoms with Crippen molar-refractivity contribution < 1.29 is 0 Å². The van der Waals surface area contributed by atoms with Crippen molar-refractivity contribution in [2.24, 2.45) is 0 Å². The SMILES string of the molecule is [B]c1ccc2c(c1)c1c3sc4ccccc4c3ccc1n2-c1ccccc1. The quantitative estimate of drug-likeness (QED) is 0.320. The summed E-state index contributed by atoms with van der Waals surface area (Å²) in [6.07, 6.45) is 0. The van der Waals surface area contributed by atoms with Gasteiger partial charge in [0.05, 0.1) is 11.0 Å². The lowest BCUT2D eigenvalue weighted by Gasteiger charge is -2.07. The van der Waals surface area contributed by atoms with Crippen LogP contribution in [-0.4, -0.2) is 12.4 Å². The van der Waals surface area contributed by atoms with Crippen LogP contribution in [-0.2, 0) is 0 Å². The van der Waals surface area contributed by atoms with E-state index in [1.165, 1.54) is 47.7 Å². The molecule has 27 heavy (non-hydrogen) atoms. The van der Waals surface area contributed by atoms with E-state index >= 15 is 0 Å². The van der Waals surface area contributed by atoms with E-state index in [1.807, 2.05) is 17.4 Å². The summed E-state index contributed by atoms with van der Waals surface area (Å²) in [5.74, 6) is 0. The van der Waals surface area contributed by atoms with E-state index in [-0.39, 0.29) is 0 Å². The van der Waals surface area contributed by atoms with Gasteiger partial charge in [-0.2, -0.15) is 0 Å². The molecule has 2 heterocycles. The number of thiophene rings is 1. The Morgan fingerprint density at radius 3 is 2.33 bits per heavy atom. The maximum absolute atomic E-state index is 6.18. The molecule has 0 unspecified atom stereocenters. The minimum Gasteiger partial charge on any atom is -0.309 e. The molecule has 0 saturated heterocycles. The largest absolute Gasteiger partial charge is 0.309 e. The van der Waals surface area contributed by atoms with Gasteiger partial charge < -0.3 is 4.57 Å². The van der Waals surface area contributed by atoms with Crippen molar-refractivity contribution in [1.29, 1.82) is 0 Å². The smallest absolute Gasteiger partial charge is 0.113 e. The molecule has 0 atom stereocenters. The summed E-state index contributed by atoms with van der Waals surface area (Å²) in [7, 11) is 6.18. The number of hydrogen-bond donors (Lipinski definition) is 0. The highest BCUT2D eigenvalue weighted by Crippen LogP contribution is 2.42. The van der Waals surface area contributed by atoms with E-state index in [0.717, 1.165) is 5.46 Å². The fourth-order valence-electron chi connectivity index (χ4n) is 4.16. The van der Waals surface area contributed by atoms with Crippen molar-refractivity contribution in [3.63, 3.8) is 0 Å². The molecule has 0 aliphatic heterocycles. The molecule has 124 valence electrons. The Morgan fingerprint density at radius 1 is 0.667 bits per heavy atom. The summed E-state index contributed by atoms with van der Waals surface area (Å²) in [6.45, 7) is 0. The second-order valence-corrected chi connectivity index (χ2v) is 7.93. The molecule has 0 amide bonds. The minimum atomic E-state index is 0.799. The van der Waals surface area contributed by atoms with Gasteiger partial charge in [0.1, 0.15) is 7.85 Å². The van der Waals surface area contributed by atoms with Crippen LogP contribution in [0.1, 0.15) is 0 Å². The van der Waals surface area contributed by atoms with Crippen LogP contribution in [0.15, 0.2) is 84.9 Å². The van der Waals surface area contributed by atoms with Gasteiger partial charge in [0.2, 0.25) is 0 Å². The highest BCUT2D eigenvalue weighted by molar-refractivity contribution is 7.26. The Labute approximate surface area is 161 Å². The van der Waals surface area contributed by atoms with Gasteiger partial charge in [0, 0.05) is 36.6 Å². The molecular weight excluding hydrogens is 345 g/mol. The van der Waals surface area contributed by atoms with Gasteiger partial charge in [-0.3, -0.25) is 0 Å². The van der Waals surface area contributed by atoms with Crippen molar-refractivity contribution in [2.75, 3.05) is 0 Å². The number of para-hydroxylation sites is 1. The summed E-state index contributed by atoms with van der Waals surface area (Å²) < 4.78 is 5.00. The number of nitrogens with zero attached hydrogens (tertiary/aromatic N) is 1. The Kier molecular flexibility index (Phi) is 3.06. The average Bonchev–Trinajstić information content (AvgIpc) is 3.23. The third-order valence-corrected chi connectivity index (χ3v) is 6.52. The Morgan fingerprint density at radius 2 is 1.44 bits per heavy atom. The standard InChI is InChI=1S/C24H14BNS/c25-15-10-12-20-19(14-15)23-21(26(20)16-6-2-1-3-7-16)13-11-18-17-8-4-5-9-22(17)27-24(18)23/h1-14H. The van der Waals surface area contributed by atoms with E-state index in [2.05, 4.69) is 83.4 Å². The van der Waals surface area contributed by atoms with Crippen molar-refractivity contribution in [3.8, 4) is 5.69 Å². The Hall–Kier alpha value is -3.04. The number of fused-ring (bicyclic) bond motifs is 7. The maximum Gasteiger partial charge on any atom is 0.113 e. The molecular formula is C24H14BNS. The fraction of sp³-hybridized carbons (Fsp3) is 0. The third-order valence-electron chi connectivity index (χ3n) is 5.31. The molecule has 0 aliphatic rings. The lowest BCUT2D eigenvalue weighted by Crippen LogP contribution is -2.00. The summed E-state index contributed by atoms with van der Waals surface area (Å²) in [5.41, 5.74) is 4.38. The van der Waals surface area contributed by atoms with Crippen molar-refractivity contribution in [2.45, 2.75) is 0 Å². The minimum absolute atomic E-state index is 0.799. The van der Waals surface area contributed by atoms with Gasteiger partial charge in [0.25, 0.3) is 0 Å². The zero-order valence-corrected chi connectivity index (χ0v) is 15.3. The second-order valence-electron chi connectivity index (χ2n) is 6.88. The summed E-state index contributed by atoms with van der Waals surface area (Å²) >= 11 is 1.87.